The number of aliphatic carboxylic acids is 1. The molecule has 2 amide bonds. The van der Waals surface area contributed by atoms with Gasteiger partial charge in [0.15, 0.2) is 0 Å². The van der Waals surface area contributed by atoms with Gasteiger partial charge in [0.1, 0.15) is 24.4 Å². The summed E-state index contributed by atoms with van der Waals surface area (Å²) in [5.41, 5.74) is 5.70. The number of halogens is 1. The van der Waals surface area contributed by atoms with Gasteiger partial charge >= 0.3 is 5.97 Å². The van der Waals surface area contributed by atoms with Crippen LogP contribution in [0.2, 0.25) is 5.02 Å². The van der Waals surface area contributed by atoms with Crippen molar-refractivity contribution in [2.75, 3.05) is 0 Å². The van der Waals surface area contributed by atoms with Crippen LogP contribution < -0.4 is 10.1 Å². The Hall–Kier alpha value is -4.62. The van der Waals surface area contributed by atoms with Crippen molar-refractivity contribution in [2.45, 2.75) is 70.2 Å². The number of rotatable bonds is 11. The molecule has 4 aromatic carbocycles. The minimum atomic E-state index is -1.14. The number of carboxylic acid groups (broad SMARTS) is 1. The van der Waals surface area contributed by atoms with E-state index in [0.717, 1.165) is 59.1 Å². The second kappa shape index (κ2) is 14.9. The Morgan fingerprint density at radius 3 is 2.32 bits per heavy atom. The number of carboxylic acids is 1. The lowest BCUT2D eigenvalue weighted by Crippen LogP contribution is -2.56. The normalized spacial score (nSPS) is 16.7. The van der Waals surface area contributed by atoms with Gasteiger partial charge in [-0.05, 0) is 76.4 Å². The van der Waals surface area contributed by atoms with E-state index in [1.165, 1.54) is 0 Å². The maximum atomic E-state index is 13.9. The second-order valence-corrected chi connectivity index (χ2v) is 13.0. The van der Waals surface area contributed by atoms with E-state index in [9.17, 15) is 19.5 Å². The number of carbonyl (C=O) groups excluding carboxylic acids is 2. The number of benzene rings is 4. The molecular weight excluding hydrogens is 612 g/mol. The van der Waals surface area contributed by atoms with Gasteiger partial charge in [0, 0.05) is 30.8 Å². The molecule has 6 rings (SSSR count). The van der Waals surface area contributed by atoms with E-state index in [2.05, 4.69) is 5.32 Å². The zero-order valence-corrected chi connectivity index (χ0v) is 27.0. The molecule has 0 radical (unpaired) electrons. The van der Waals surface area contributed by atoms with E-state index in [4.69, 9.17) is 16.3 Å². The number of ether oxygens (including phenoxy) is 1. The maximum absolute atomic E-state index is 13.9. The number of fused-ring (bicyclic) bond motifs is 1. The molecule has 8 heteroatoms. The largest absolute Gasteiger partial charge is 0.489 e. The molecule has 7 nitrogen and oxygen atoms in total. The van der Waals surface area contributed by atoms with E-state index in [0.29, 0.717) is 36.1 Å². The Bertz CT molecular complexity index is 1720. The number of nitrogens with one attached hydrogen (secondary N) is 1. The summed E-state index contributed by atoms with van der Waals surface area (Å²) in [6.07, 6.45) is 5.07. The van der Waals surface area contributed by atoms with Crippen LogP contribution in [0.25, 0.3) is 11.1 Å². The van der Waals surface area contributed by atoms with Crippen molar-refractivity contribution in [3.8, 4) is 16.9 Å². The summed E-state index contributed by atoms with van der Waals surface area (Å²) in [5.74, 6) is -0.669. The average Bonchev–Trinajstić information content (AvgIpc) is 3.60. The molecule has 1 aliphatic carbocycles. The summed E-state index contributed by atoms with van der Waals surface area (Å²) in [6, 6.07) is 28.9. The Kier molecular flexibility index (Phi) is 10.2. The fraction of sp³-hybridized carbons (Fsp3) is 0.308. The Balaban J connectivity index is 1.18. The van der Waals surface area contributed by atoms with E-state index in [-0.39, 0.29) is 18.9 Å². The number of amides is 2. The van der Waals surface area contributed by atoms with Crippen LogP contribution in [0.5, 0.6) is 5.75 Å². The molecule has 0 bridgehead atoms. The Morgan fingerprint density at radius 1 is 0.851 bits per heavy atom. The lowest BCUT2D eigenvalue weighted by molar-refractivity contribution is -0.145. The van der Waals surface area contributed by atoms with Crippen LogP contribution >= 0.6 is 11.6 Å². The van der Waals surface area contributed by atoms with Crippen LogP contribution in [0.15, 0.2) is 97.1 Å². The lowest BCUT2D eigenvalue weighted by Gasteiger charge is -2.37. The first-order valence-corrected chi connectivity index (χ1v) is 16.7. The smallest absolute Gasteiger partial charge is 0.326 e. The average molecular weight is 651 g/mol. The molecule has 1 aliphatic heterocycles. The summed E-state index contributed by atoms with van der Waals surface area (Å²) >= 11 is 6.12. The van der Waals surface area contributed by atoms with Gasteiger partial charge in [-0.1, -0.05) is 97.2 Å². The van der Waals surface area contributed by atoms with Gasteiger partial charge < -0.3 is 20.1 Å². The highest BCUT2D eigenvalue weighted by Gasteiger charge is 2.37. The first-order valence-electron chi connectivity index (χ1n) is 16.3. The quantitative estimate of drug-likeness (QED) is 0.179. The first kappa shape index (κ1) is 32.3. The highest BCUT2D eigenvalue weighted by atomic mass is 35.5. The zero-order valence-electron chi connectivity index (χ0n) is 26.2. The van der Waals surface area contributed by atoms with Crippen LogP contribution in [0.4, 0.5) is 0 Å². The number of nitrogens with zero attached hydrogens (tertiary/aromatic N) is 1. The molecule has 242 valence electrons. The number of hydrogen-bond acceptors (Lipinski definition) is 4. The highest BCUT2D eigenvalue weighted by Crippen LogP contribution is 2.32. The minimum absolute atomic E-state index is 0.0728. The van der Waals surface area contributed by atoms with Crippen LogP contribution in [0.3, 0.4) is 0 Å². The van der Waals surface area contributed by atoms with Crippen molar-refractivity contribution in [3.63, 3.8) is 0 Å². The molecule has 0 spiro atoms. The molecule has 0 unspecified atom stereocenters. The van der Waals surface area contributed by atoms with Crippen molar-refractivity contribution in [3.05, 3.63) is 124 Å². The maximum Gasteiger partial charge on any atom is 0.326 e. The second-order valence-electron chi connectivity index (χ2n) is 12.6. The predicted octanol–water partition coefficient (Wildman–Crippen LogP) is 7.23. The molecule has 4 aromatic rings. The fourth-order valence-corrected chi connectivity index (χ4v) is 6.90. The van der Waals surface area contributed by atoms with Crippen LogP contribution in [-0.2, 0) is 40.4 Å². The van der Waals surface area contributed by atoms with Crippen molar-refractivity contribution in [1.82, 2.24) is 10.2 Å². The lowest BCUT2D eigenvalue weighted by atomic mass is 9.91. The zero-order chi connectivity index (χ0) is 32.8. The van der Waals surface area contributed by atoms with Gasteiger partial charge in [-0.15, -0.1) is 0 Å². The van der Waals surface area contributed by atoms with Crippen molar-refractivity contribution >= 4 is 29.4 Å². The monoisotopic (exact) mass is 650 g/mol. The van der Waals surface area contributed by atoms with E-state index < -0.39 is 24.0 Å². The SMILES string of the molecule is O=C(O)[C@H](Cc1ccc(-c2ccccc2)cc1)NC(=O)[C@@H]1Cc2ccc(OCc3cccc(Cl)c3)cc2CN1C(=O)CC1CCCC1. The summed E-state index contributed by atoms with van der Waals surface area (Å²) < 4.78 is 6.05. The number of hydrogen-bond donors (Lipinski definition) is 2. The molecule has 47 heavy (non-hydrogen) atoms. The fourth-order valence-electron chi connectivity index (χ4n) is 6.69. The van der Waals surface area contributed by atoms with Gasteiger partial charge in [0.05, 0.1) is 0 Å². The summed E-state index contributed by atoms with van der Waals surface area (Å²) in [7, 11) is 0. The molecular formula is C39H39ClN2O5. The van der Waals surface area contributed by atoms with E-state index in [1.54, 1.807) is 4.90 Å². The third kappa shape index (κ3) is 8.22. The standard InChI is InChI=1S/C39H39ClN2O5/c40-33-12-6-9-28(19-33)25-47-34-18-17-31-23-36(42(24-32(31)22-34)37(43)21-26-7-4-5-8-26)38(44)41-35(39(45)46)20-27-13-15-30(16-14-27)29-10-2-1-3-11-29/h1-3,6,9-19,22,26,35-36H,4-5,7-8,20-21,23-25H2,(H,41,44)(H,45,46)/t35-,36-/m0/s1. The predicted molar refractivity (Wildman–Crippen MR) is 182 cm³/mol. The Labute approximate surface area is 280 Å². The van der Waals surface area contributed by atoms with E-state index in [1.807, 2.05) is 97.1 Å². The third-order valence-electron chi connectivity index (χ3n) is 9.28. The molecule has 2 N–H and O–H groups in total. The van der Waals surface area contributed by atoms with Gasteiger partial charge in [0.25, 0.3) is 0 Å². The minimum Gasteiger partial charge on any atom is -0.489 e. The summed E-state index contributed by atoms with van der Waals surface area (Å²) in [4.78, 5) is 41.6. The van der Waals surface area contributed by atoms with Gasteiger partial charge in [-0.3, -0.25) is 9.59 Å². The van der Waals surface area contributed by atoms with Crippen molar-refractivity contribution in [1.29, 1.82) is 0 Å². The molecule has 1 saturated carbocycles. The summed E-state index contributed by atoms with van der Waals surface area (Å²) in [6.45, 7) is 0.603. The Morgan fingerprint density at radius 2 is 1.60 bits per heavy atom. The molecule has 2 aliphatic rings. The van der Waals surface area contributed by atoms with Crippen molar-refractivity contribution < 1.29 is 24.2 Å². The number of carbonyl (C=O) groups is 3. The van der Waals surface area contributed by atoms with Gasteiger partial charge in [0.2, 0.25) is 11.8 Å². The molecule has 1 fully saturated rings. The van der Waals surface area contributed by atoms with E-state index >= 15 is 0 Å². The van der Waals surface area contributed by atoms with Crippen LogP contribution in [0, 0.1) is 5.92 Å². The van der Waals surface area contributed by atoms with Crippen LogP contribution in [-0.4, -0.2) is 39.9 Å². The summed E-state index contributed by atoms with van der Waals surface area (Å²) in [5, 5.41) is 13.5. The van der Waals surface area contributed by atoms with Gasteiger partial charge in [-0.25, -0.2) is 4.79 Å². The highest BCUT2D eigenvalue weighted by molar-refractivity contribution is 6.30. The molecule has 1 heterocycles. The third-order valence-corrected chi connectivity index (χ3v) is 9.51. The van der Waals surface area contributed by atoms with Crippen LogP contribution in [0.1, 0.15) is 54.4 Å². The molecule has 0 aromatic heterocycles. The van der Waals surface area contributed by atoms with Gasteiger partial charge in [-0.2, -0.15) is 0 Å². The van der Waals surface area contributed by atoms with Crippen molar-refractivity contribution in [2.24, 2.45) is 5.92 Å². The molecule has 2 atom stereocenters. The molecule has 0 saturated heterocycles. The first-order chi connectivity index (χ1) is 22.8. The topological polar surface area (TPSA) is 95.9 Å².